The summed E-state index contributed by atoms with van der Waals surface area (Å²) < 4.78 is 27.4. The largest absolute Gasteiger partial charge is 0.478 e. The molecule has 0 radical (unpaired) electrons. The first kappa shape index (κ1) is 16.7. The molecule has 0 unspecified atom stereocenters. The zero-order valence-corrected chi connectivity index (χ0v) is 13.9. The predicted molar refractivity (Wildman–Crippen MR) is 86.1 cm³/mol. The van der Waals surface area contributed by atoms with Crippen molar-refractivity contribution in [2.24, 2.45) is 0 Å². The van der Waals surface area contributed by atoms with Crippen molar-refractivity contribution < 1.29 is 18.3 Å². The Kier molecular flexibility index (Phi) is 5.00. The van der Waals surface area contributed by atoms with Crippen LogP contribution in [-0.4, -0.2) is 26.0 Å². The van der Waals surface area contributed by atoms with Gasteiger partial charge in [0.15, 0.2) is 0 Å². The molecule has 2 rings (SSSR count). The van der Waals surface area contributed by atoms with Gasteiger partial charge in [-0.3, -0.25) is 0 Å². The van der Waals surface area contributed by atoms with Gasteiger partial charge in [0, 0.05) is 11.4 Å². The molecule has 0 atom stereocenters. The van der Waals surface area contributed by atoms with E-state index in [-0.39, 0.29) is 12.1 Å². The first-order chi connectivity index (χ1) is 10.3. The molecule has 0 saturated heterocycles. The van der Waals surface area contributed by atoms with Gasteiger partial charge in [0.05, 0.1) is 5.56 Å². The summed E-state index contributed by atoms with van der Waals surface area (Å²) in [5.41, 5.74) is 1.53. The number of benzene rings is 1. The van der Waals surface area contributed by atoms with Crippen LogP contribution in [0, 0.1) is 13.8 Å². The van der Waals surface area contributed by atoms with Crippen LogP contribution in [0.5, 0.6) is 0 Å². The summed E-state index contributed by atoms with van der Waals surface area (Å²) in [7, 11) is -3.55. The molecular formula is C15H17NO4S2. The van der Waals surface area contributed by atoms with Crippen molar-refractivity contribution in [3.63, 3.8) is 0 Å². The molecule has 1 aromatic heterocycles. The highest BCUT2D eigenvalue weighted by Crippen LogP contribution is 2.25. The van der Waals surface area contributed by atoms with Crippen LogP contribution >= 0.6 is 11.3 Å². The maximum absolute atomic E-state index is 12.3. The third kappa shape index (κ3) is 3.73. The van der Waals surface area contributed by atoms with Crippen LogP contribution in [0.4, 0.5) is 0 Å². The quantitative estimate of drug-likeness (QED) is 0.847. The Morgan fingerprint density at radius 1 is 1.27 bits per heavy atom. The van der Waals surface area contributed by atoms with Crippen LogP contribution in [-0.2, 0) is 16.4 Å². The second-order valence-corrected chi connectivity index (χ2v) is 8.16. The summed E-state index contributed by atoms with van der Waals surface area (Å²) in [4.78, 5) is 12.1. The van der Waals surface area contributed by atoms with E-state index in [1.165, 1.54) is 17.4 Å². The molecule has 118 valence electrons. The second-order valence-electron chi connectivity index (χ2n) is 4.94. The minimum absolute atomic E-state index is 0.156. The molecule has 2 aromatic rings. The van der Waals surface area contributed by atoms with Gasteiger partial charge in [0.1, 0.15) is 4.21 Å². The van der Waals surface area contributed by atoms with E-state index >= 15 is 0 Å². The van der Waals surface area contributed by atoms with Gasteiger partial charge in [-0.15, -0.1) is 11.3 Å². The number of sulfonamides is 1. The summed E-state index contributed by atoms with van der Waals surface area (Å²) >= 11 is 1.23. The first-order valence-electron chi connectivity index (χ1n) is 6.69. The molecule has 0 saturated carbocycles. The number of aromatic carboxylic acids is 1. The van der Waals surface area contributed by atoms with Crippen LogP contribution < -0.4 is 4.72 Å². The molecule has 0 aliphatic heterocycles. The van der Waals surface area contributed by atoms with E-state index in [1.807, 2.05) is 13.0 Å². The lowest BCUT2D eigenvalue weighted by molar-refractivity contribution is 0.0695. The number of carbonyl (C=O) groups is 1. The van der Waals surface area contributed by atoms with Gasteiger partial charge in [0.25, 0.3) is 0 Å². The van der Waals surface area contributed by atoms with Crippen molar-refractivity contribution in [1.82, 2.24) is 4.72 Å². The van der Waals surface area contributed by atoms with E-state index < -0.39 is 16.0 Å². The van der Waals surface area contributed by atoms with Crippen molar-refractivity contribution in [1.29, 1.82) is 0 Å². The maximum Gasteiger partial charge on any atom is 0.335 e. The molecule has 5 nitrogen and oxygen atoms in total. The Morgan fingerprint density at radius 2 is 1.95 bits per heavy atom. The molecule has 0 aliphatic rings. The number of aryl methyl sites for hydroxylation is 2. The number of carboxylic acids is 1. The van der Waals surface area contributed by atoms with Crippen molar-refractivity contribution in [2.45, 2.75) is 24.5 Å². The molecule has 0 spiro atoms. The minimum Gasteiger partial charge on any atom is -0.478 e. The fraction of sp³-hybridized carbons (Fsp3) is 0.267. The third-order valence-electron chi connectivity index (χ3n) is 3.17. The molecule has 7 heteroatoms. The van der Waals surface area contributed by atoms with Gasteiger partial charge in [-0.1, -0.05) is 18.2 Å². The average molecular weight is 339 g/mol. The second kappa shape index (κ2) is 6.60. The zero-order chi connectivity index (χ0) is 16.3. The smallest absolute Gasteiger partial charge is 0.335 e. The lowest BCUT2D eigenvalue weighted by Crippen LogP contribution is -2.26. The van der Waals surface area contributed by atoms with Crippen molar-refractivity contribution >= 4 is 27.3 Å². The van der Waals surface area contributed by atoms with Gasteiger partial charge >= 0.3 is 5.97 Å². The Morgan fingerprint density at radius 3 is 2.55 bits per heavy atom. The molecule has 0 amide bonds. The van der Waals surface area contributed by atoms with Crippen molar-refractivity contribution in [3.8, 4) is 0 Å². The summed E-state index contributed by atoms with van der Waals surface area (Å²) in [6.45, 7) is 3.78. The van der Waals surface area contributed by atoms with Gasteiger partial charge in [0.2, 0.25) is 10.0 Å². The Labute approximate surface area is 133 Å². The van der Waals surface area contributed by atoms with Crippen LogP contribution in [0.25, 0.3) is 0 Å². The van der Waals surface area contributed by atoms with E-state index in [4.69, 9.17) is 5.11 Å². The standard InChI is InChI=1S/C15H17NO4S2/c1-10-9-11(2)21-15(10)22(19,20)16-8-7-12-5-3-4-6-13(12)14(17)18/h3-6,9,16H,7-8H2,1-2H3,(H,17,18). The summed E-state index contributed by atoms with van der Waals surface area (Å²) in [6, 6.07) is 8.42. The minimum atomic E-state index is -3.55. The zero-order valence-electron chi connectivity index (χ0n) is 12.3. The molecule has 0 aliphatic carbocycles. The number of thiophene rings is 1. The van der Waals surface area contributed by atoms with Gasteiger partial charge in [-0.2, -0.15) is 0 Å². The molecule has 0 bridgehead atoms. The van der Waals surface area contributed by atoms with E-state index in [9.17, 15) is 13.2 Å². The lowest BCUT2D eigenvalue weighted by Gasteiger charge is -2.08. The number of rotatable bonds is 6. The number of hydrogen-bond acceptors (Lipinski definition) is 4. The normalized spacial score (nSPS) is 11.5. The highest BCUT2D eigenvalue weighted by molar-refractivity contribution is 7.91. The van der Waals surface area contributed by atoms with Crippen LogP contribution in [0.15, 0.2) is 34.5 Å². The van der Waals surface area contributed by atoms with Crippen LogP contribution in [0.2, 0.25) is 0 Å². The molecule has 2 N–H and O–H groups in total. The topological polar surface area (TPSA) is 83.5 Å². The lowest BCUT2D eigenvalue weighted by atomic mass is 10.1. The summed E-state index contributed by atoms with van der Waals surface area (Å²) in [6.07, 6.45) is 0.325. The van der Waals surface area contributed by atoms with Gasteiger partial charge in [-0.05, 0) is 43.5 Å². The Balaban J connectivity index is 2.08. The highest BCUT2D eigenvalue weighted by atomic mass is 32.2. The molecule has 0 fully saturated rings. The van der Waals surface area contributed by atoms with Crippen LogP contribution in [0.1, 0.15) is 26.4 Å². The summed E-state index contributed by atoms with van der Waals surface area (Å²) in [5.74, 6) is -1.01. The first-order valence-corrected chi connectivity index (χ1v) is 8.99. The van der Waals surface area contributed by atoms with E-state index in [0.29, 0.717) is 16.2 Å². The van der Waals surface area contributed by atoms with E-state index in [2.05, 4.69) is 4.72 Å². The van der Waals surface area contributed by atoms with Crippen molar-refractivity contribution in [3.05, 3.63) is 51.9 Å². The van der Waals surface area contributed by atoms with Crippen molar-refractivity contribution in [2.75, 3.05) is 6.54 Å². The summed E-state index contributed by atoms with van der Waals surface area (Å²) in [5, 5.41) is 9.11. The highest BCUT2D eigenvalue weighted by Gasteiger charge is 2.19. The molecular weight excluding hydrogens is 322 g/mol. The monoisotopic (exact) mass is 339 g/mol. The fourth-order valence-electron chi connectivity index (χ4n) is 2.22. The fourth-order valence-corrected chi connectivity index (χ4v) is 4.96. The number of nitrogens with one attached hydrogen (secondary N) is 1. The maximum atomic E-state index is 12.3. The van der Waals surface area contributed by atoms with Gasteiger partial charge in [-0.25, -0.2) is 17.9 Å². The molecule has 22 heavy (non-hydrogen) atoms. The third-order valence-corrected chi connectivity index (χ3v) is 6.42. The Bertz CT molecular complexity index is 794. The average Bonchev–Trinajstić information content (AvgIpc) is 2.79. The SMILES string of the molecule is Cc1cc(C)c(S(=O)(=O)NCCc2ccccc2C(=O)O)s1. The van der Waals surface area contributed by atoms with Crippen LogP contribution in [0.3, 0.4) is 0 Å². The number of carboxylic acid groups (broad SMARTS) is 1. The van der Waals surface area contributed by atoms with E-state index in [0.717, 1.165) is 10.4 Å². The Hall–Kier alpha value is -1.70. The number of hydrogen-bond donors (Lipinski definition) is 2. The van der Waals surface area contributed by atoms with Gasteiger partial charge < -0.3 is 5.11 Å². The predicted octanol–water partition coefficient (Wildman–Crippen LogP) is 2.58. The molecule has 1 aromatic carbocycles. The van der Waals surface area contributed by atoms with E-state index in [1.54, 1.807) is 25.1 Å². The molecule has 1 heterocycles.